The minimum absolute atomic E-state index is 0.121. The van der Waals surface area contributed by atoms with E-state index in [2.05, 4.69) is 31.3 Å². The van der Waals surface area contributed by atoms with Crippen LogP contribution in [0.1, 0.15) is 38.3 Å². The van der Waals surface area contributed by atoms with Crippen LogP contribution in [0.25, 0.3) is 0 Å². The van der Waals surface area contributed by atoms with E-state index in [-0.39, 0.29) is 54.0 Å². The highest BCUT2D eigenvalue weighted by molar-refractivity contribution is 6.08. The van der Waals surface area contributed by atoms with E-state index in [9.17, 15) is 14.4 Å². The molecule has 1 aliphatic heterocycles. The maximum Gasteiger partial charge on any atom is 0.240 e. The summed E-state index contributed by atoms with van der Waals surface area (Å²) in [5.74, 6) is -0.362. The number of benzene rings is 1. The van der Waals surface area contributed by atoms with Gasteiger partial charge in [-0.1, -0.05) is 56.3 Å². The monoisotopic (exact) mass is 366 g/mol. The second kappa shape index (κ2) is 6.95. The maximum absolute atomic E-state index is 12.7. The van der Waals surface area contributed by atoms with Gasteiger partial charge in [0.1, 0.15) is 6.54 Å². The van der Waals surface area contributed by atoms with Gasteiger partial charge in [-0.15, -0.1) is 0 Å². The lowest BCUT2D eigenvalue weighted by Crippen LogP contribution is -2.43. The molecule has 0 spiro atoms. The molecule has 2 aliphatic carbocycles. The number of carbonyl (C=O) groups is 3. The van der Waals surface area contributed by atoms with Crippen molar-refractivity contribution in [3.05, 3.63) is 48.0 Å². The third-order valence-electron chi connectivity index (χ3n) is 6.11. The Morgan fingerprint density at radius 1 is 1.07 bits per heavy atom. The van der Waals surface area contributed by atoms with Gasteiger partial charge in [-0.3, -0.25) is 19.3 Å². The highest BCUT2D eigenvalue weighted by Gasteiger charge is 2.59. The zero-order valence-corrected chi connectivity index (χ0v) is 15.8. The first kappa shape index (κ1) is 18.0. The Balaban J connectivity index is 1.44. The van der Waals surface area contributed by atoms with E-state index >= 15 is 0 Å². The molecule has 1 aromatic rings. The van der Waals surface area contributed by atoms with Gasteiger partial charge in [-0.05, 0) is 36.2 Å². The number of nitrogens with zero attached hydrogens (tertiary/aromatic N) is 1. The molecule has 4 rings (SSSR count). The van der Waals surface area contributed by atoms with E-state index in [1.165, 1.54) is 4.90 Å². The Morgan fingerprint density at radius 2 is 1.67 bits per heavy atom. The third kappa shape index (κ3) is 3.20. The summed E-state index contributed by atoms with van der Waals surface area (Å²) in [6, 6.07) is 9.71. The summed E-state index contributed by atoms with van der Waals surface area (Å²) < 4.78 is 0. The first-order valence-corrected chi connectivity index (χ1v) is 9.83. The molecule has 5 unspecified atom stereocenters. The van der Waals surface area contributed by atoms with Crippen molar-refractivity contribution in [3.63, 3.8) is 0 Å². The van der Waals surface area contributed by atoms with Gasteiger partial charge in [0, 0.05) is 0 Å². The van der Waals surface area contributed by atoms with Crippen LogP contribution in [-0.2, 0) is 14.4 Å². The fourth-order valence-corrected chi connectivity index (χ4v) is 4.94. The summed E-state index contributed by atoms with van der Waals surface area (Å²) in [4.78, 5) is 39.4. The van der Waals surface area contributed by atoms with Crippen LogP contribution in [0.3, 0.4) is 0 Å². The zero-order valence-electron chi connectivity index (χ0n) is 15.8. The van der Waals surface area contributed by atoms with Crippen molar-refractivity contribution in [2.75, 3.05) is 6.54 Å². The van der Waals surface area contributed by atoms with Crippen LogP contribution >= 0.6 is 0 Å². The average molecular weight is 366 g/mol. The van der Waals surface area contributed by atoms with Crippen LogP contribution in [-0.4, -0.2) is 29.2 Å². The molecule has 0 radical (unpaired) electrons. The highest BCUT2D eigenvalue weighted by Crippen LogP contribution is 2.52. The molecule has 1 heterocycles. The Labute approximate surface area is 159 Å². The molecule has 5 heteroatoms. The van der Waals surface area contributed by atoms with Crippen molar-refractivity contribution in [1.29, 1.82) is 0 Å². The number of carbonyl (C=O) groups excluding carboxylic acids is 3. The number of rotatable bonds is 6. The molecule has 1 N–H and O–H groups in total. The van der Waals surface area contributed by atoms with Gasteiger partial charge in [-0.25, -0.2) is 0 Å². The molecule has 0 aromatic heterocycles. The quantitative estimate of drug-likeness (QED) is 0.622. The molecular formula is C22H26N2O3. The van der Waals surface area contributed by atoms with Crippen LogP contribution < -0.4 is 5.32 Å². The number of hydrogen-bond donors (Lipinski definition) is 1. The molecular weight excluding hydrogens is 340 g/mol. The number of amides is 3. The molecule has 3 aliphatic rings. The Morgan fingerprint density at radius 3 is 2.22 bits per heavy atom. The van der Waals surface area contributed by atoms with Gasteiger partial charge < -0.3 is 5.32 Å². The van der Waals surface area contributed by atoms with Gasteiger partial charge in [0.05, 0.1) is 17.9 Å². The summed E-state index contributed by atoms with van der Waals surface area (Å²) in [5.41, 5.74) is 1.04. The second-order valence-electron chi connectivity index (χ2n) is 8.42. The molecule has 5 nitrogen and oxygen atoms in total. The topological polar surface area (TPSA) is 66.5 Å². The van der Waals surface area contributed by atoms with Crippen LogP contribution in [0.15, 0.2) is 42.5 Å². The summed E-state index contributed by atoms with van der Waals surface area (Å²) in [6.45, 7) is 4.05. The standard InChI is InChI=1S/C22H26N2O3/c1-13(2)10-17(14-6-4-3-5-7-14)23-18(25)12-24-21(26)19-15-8-9-16(11-15)20(19)22(24)27/h3-9,13,15-17,19-20H,10-12H2,1-2H3,(H,23,25). The summed E-state index contributed by atoms with van der Waals surface area (Å²) in [6.07, 6.45) is 5.83. The Kier molecular flexibility index (Phi) is 4.62. The number of nitrogens with one attached hydrogen (secondary N) is 1. The first-order chi connectivity index (χ1) is 13.0. The highest BCUT2D eigenvalue weighted by atomic mass is 16.2. The molecule has 2 fully saturated rings. The molecule has 5 atom stereocenters. The molecule has 27 heavy (non-hydrogen) atoms. The number of fused-ring (bicyclic) bond motifs is 5. The minimum atomic E-state index is -0.272. The largest absolute Gasteiger partial charge is 0.348 e. The van der Waals surface area contributed by atoms with Crippen LogP contribution in [0.5, 0.6) is 0 Å². The zero-order chi connectivity index (χ0) is 19.1. The second-order valence-corrected chi connectivity index (χ2v) is 8.42. The lowest BCUT2D eigenvalue weighted by molar-refractivity contribution is -0.144. The molecule has 3 amide bonds. The molecule has 1 saturated carbocycles. The number of imide groups is 1. The smallest absolute Gasteiger partial charge is 0.240 e. The number of allylic oxidation sites excluding steroid dienone is 2. The lowest BCUT2D eigenvalue weighted by Gasteiger charge is -2.23. The fourth-order valence-electron chi connectivity index (χ4n) is 4.94. The predicted octanol–water partition coefficient (Wildman–Crippen LogP) is 2.70. The first-order valence-electron chi connectivity index (χ1n) is 9.83. The van der Waals surface area contributed by atoms with E-state index in [1.54, 1.807) is 0 Å². The normalized spacial score (nSPS) is 29.5. The summed E-state index contributed by atoms with van der Waals surface area (Å²) in [7, 11) is 0. The van der Waals surface area contributed by atoms with E-state index in [4.69, 9.17) is 0 Å². The van der Waals surface area contributed by atoms with Crippen LogP contribution in [0, 0.1) is 29.6 Å². The minimum Gasteiger partial charge on any atom is -0.348 e. The van der Waals surface area contributed by atoms with E-state index < -0.39 is 0 Å². The van der Waals surface area contributed by atoms with Gasteiger partial charge in [0.15, 0.2) is 0 Å². The Hall–Kier alpha value is -2.43. The van der Waals surface area contributed by atoms with Gasteiger partial charge in [-0.2, -0.15) is 0 Å². The number of likely N-dealkylation sites (tertiary alicyclic amines) is 1. The summed E-state index contributed by atoms with van der Waals surface area (Å²) >= 11 is 0. The van der Waals surface area contributed by atoms with Crippen LogP contribution in [0.2, 0.25) is 0 Å². The van der Waals surface area contributed by atoms with Gasteiger partial charge >= 0.3 is 0 Å². The van der Waals surface area contributed by atoms with Crippen molar-refractivity contribution < 1.29 is 14.4 Å². The predicted molar refractivity (Wildman–Crippen MR) is 101 cm³/mol. The lowest BCUT2D eigenvalue weighted by atomic mass is 9.85. The third-order valence-corrected chi connectivity index (χ3v) is 6.11. The van der Waals surface area contributed by atoms with Gasteiger partial charge in [0.2, 0.25) is 17.7 Å². The fraction of sp³-hybridized carbons (Fsp3) is 0.500. The van der Waals surface area contributed by atoms with Crippen molar-refractivity contribution in [2.24, 2.45) is 29.6 Å². The maximum atomic E-state index is 12.7. The van der Waals surface area contributed by atoms with E-state index in [1.807, 2.05) is 30.3 Å². The molecule has 2 bridgehead atoms. The van der Waals surface area contributed by atoms with Crippen molar-refractivity contribution >= 4 is 17.7 Å². The molecule has 142 valence electrons. The van der Waals surface area contributed by atoms with E-state index in [0.29, 0.717) is 5.92 Å². The molecule has 1 saturated heterocycles. The van der Waals surface area contributed by atoms with Crippen molar-refractivity contribution in [1.82, 2.24) is 10.2 Å². The Bertz CT molecular complexity index is 756. The molecule has 1 aromatic carbocycles. The summed E-state index contributed by atoms with van der Waals surface area (Å²) in [5, 5.41) is 3.04. The number of hydrogen-bond acceptors (Lipinski definition) is 3. The van der Waals surface area contributed by atoms with Gasteiger partial charge in [0.25, 0.3) is 0 Å². The SMILES string of the molecule is CC(C)CC(NC(=O)CN1C(=O)C2C3C=CC(C3)C2C1=O)c1ccccc1. The average Bonchev–Trinajstić information content (AvgIpc) is 3.32. The van der Waals surface area contributed by atoms with Crippen molar-refractivity contribution in [3.8, 4) is 0 Å². The van der Waals surface area contributed by atoms with E-state index in [0.717, 1.165) is 18.4 Å². The van der Waals surface area contributed by atoms with Crippen molar-refractivity contribution in [2.45, 2.75) is 32.7 Å². The van der Waals surface area contributed by atoms with Crippen LogP contribution in [0.4, 0.5) is 0 Å².